The highest BCUT2D eigenvalue weighted by molar-refractivity contribution is 5.43. The maximum Gasteiger partial charge on any atom is 0.387 e. The van der Waals surface area contributed by atoms with Crippen molar-refractivity contribution in [1.82, 2.24) is 10.2 Å². The number of rotatable bonds is 5. The van der Waals surface area contributed by atoms with Crippen LogP contribution in [0.3, 0.4) is 0 Å². The molecule has 2 rings (SSSR count). The minimum atomic E-state index is -2.84. The zero-order valence-corrected chi connectivity index (χ0v) is 10.9. The molecule has 1 aliphatic heterocycles. The summed E-state index contributed by atoms with van der Waals surface area (Å²) in [4.78, 5) is 2.27. The quantitative estimate of drug-likeness (QED) is 0.884. The van der Waals surface area contributed by atoms with Gasteiger partial charge in [-0.25, -0.2) is 0 Å². The molecule has 1 saturated heterocycles. The van der Waals surface area contributed by atoms with Gasteiger partial charge in [-0.05, 0) is 17.7 Å². The van der Waals surface area contributed by atoms with E-state index in [1.807, 2.05) is 6.07 Å². The van der Waals surface area contributed by atoms with Crippen molar-refractivity contribution in [3.05, 3.63) is 23.8 Å². The Bertz CT molecular complexity index is 410. The number of piperazine rings is 1. The molecular formula is C13H18F2N2O2. The molecule has 1 aromatic carbocycles. The fourth-order valence-corrected chi connectivity index (χ4v) is 2.14. The fourth-order valence-electron chi connectivity index (χ4n) is 2.14. The maximum atomic E-state index is 12.3. The molecule has 6 heteroatoms. The Labute approximate surface area is 111 Å². The summed E-state index contributed by atoms with van der Waals surface area (Å²) in [5.74, 6) is 0.412. The second-order valence-electron chi connectivity index (χ2n) is 4.39. The lowest BCUT2D eigenvalue weighted by Gasteiger charge is -2.27. The average Bonchev–Trinajstić information content (AvgIpc) is 2.39. The summed E-state index contributed by atoms with van der Waals surface area (Å²) >= 11 is 0. The number of methoxy groups -OCH3 is 1. The number of halogens is 2. The Morgan fingerprint density at radius 3 is 2.63 bits per heavy atom. The van der Waals surface area contributed by atoms with Crippen LogP contribution in [0.5, 0.6) is 11.5 Å². The van der Waals surface area contributed by atoms with Gasteiger partial charge in [-0.15, -0.1) is 0 Å². The molecule has 0 bridgehead atoms. The van der Waals surface area contributed by atoms with Gasteiger partial charge in [0, 0.05) is 32.7 Å². The molecule has 1 aliphatic rings. The van der Waals surface area contributed by atoms with Gasteiger partial charge in [-0.1, -0.05) is 6.07 Å². The van der Waals surface area contributed by atoms with Crippen molar-refractivity contribution in [2.24, 2.45) is 0 Å². The van der Waals surface area contributed by atoms with Crippen molar-refractivity contribution < 1.29 is 18.3 Å². The number of alkyl halides is 2. The largest absolute Gasteiger partial charge is 0.493 e. The van der Waals surface area contributed by atoms with Gasteiger partial charge in [0.05, 0.1) is 7.11 Å². The van der Waals surface area contributed by atoms with Crippen LogP contribution in [0, 0.1) is 0 Å². The number of ether oxygens (including phenoxy) is 2. The molecule has 1 fully saturated rings. The Morgan fingerprint density at radius 1 is 1.26 bits per heavy atom. The summed E-state index contributed by atoms with van der Waals surface area (Å²) in [6, 6.07) is 5.15. The first kappa shape index (κ1) is 14.0. The molecule has 1 N–H and O–H groups in total. The van der Waals surface area contributed by atoms with Gasteiger partial charge < -0.3 is 14.8 Å². The maximum absolute atomic E-state index is 12.3. The molecular weight excluding hydrogens is 254 g/mol. The summed E-state index contributed by atoms with van der Waals surface area (Å²) in [6.07, 6.45) is 0. The second-order valence-corrected chi connectivity index (χ2v) is 4.39. The summed E-state index contributed by atoms with van der Waals surface area (Å²) in [5, 5.41) is 3.27. The molecule has 19 heavy (non-hydrogen) atoms. The third-order valence-corrected chi connectivity index (χ3v) is 3.06. The molecule has 1 heterocycles. The zero-order chi connectivity index (χ0) is 13.7. The van der Waals surface area contributed by atoms with Gasteiger partial charge >= 0.3 is 6.61 Å². The van der Waals surface area contributed by atoms with Crippen molar-refractivity contribution in [3.8, 4) is 11.5 Å². The first-order chi connectivity index (χ1) is 9.19. The molecule has 0 unspecified atom stereocenters. The zero-order valence-electron chi connectivity index (χ0n) is 10.9. The molecule has 0 aromatic heterocycles. The summed E-state index contributed by atoms with van der Waals surface area (Å²) in [6.45, 7) is 1.70. The Morgan fingerprint density at radius 2 is 2.00 bits per heavy atom. The van der Waals surface area contributed by atoms with Crippen LogP contribution in [0.4, 0.5) is 8.78 Å². The summed E-state index contributed by atoms with van der Waals surface area (Å²) in [5.41, 5.74) is 0.943. The van der Waals surface area contributed by atoms with Crippen molar-refractivity contribution in [1.29, 1.82) is 0 Å². The van der Waals surface area contributed by atoms with Gasteiger partial charge in [0.15, 0.2) is 11.5 Å². The second kappa shape index (κ2) is 6.68. The van der Waals surface area contributed by atoms with E-state index >= 15 is 0 Å². The van der Waals surface area contributed by atoms with E-state index in [0.717, 1.165) is 38.3 Å². The monoisotopic (exact) mass is 272 g/mol. The molecule has 0 radical (unpaired) electrons. The molecule has 0 aliphatic carbocycles. The number of hydrogen-bond acceptors (Lipinski definition) is 4. The van der Waals surface area contributed by atoms with Gasteiger partial charge in [-0.3, -0.25) is 4.90 Å². The van der Waals surface area contributed by atoms with Crippen molar-refractivity contribution in [2.45, 2.75) is 13.2 Å². The normalized spacial score (nSPS) is 16.6. The molecule has 1 aromatic rings. The van der Waals surface area contributed by atoms with E-state index in [4.69, 9.17) is 4.74 Å². The lowest BCUT2D eigenvalue weighted by atomic mass is 10.1. The highest BCUT2D eigenvalue weighted by Gasteiger charge is 2.14. The molecule has 0 spiro atoms. The highest BCUT2D eigenvalue weighted by Crippen LogP contribution is 2.29. The van der Waals surface area contributed by atoms with Crippen LogP contribution in [0.15, 0.2) is 18.2 Å². The van der Waals surface area contributed by atoms with Crippen LogP contribution >= 0.6 is 0 Å². The Hall–Kier alpha value is -1.40. The summed E-state index contributed by atoms with van der Waals surface area (Å²) < 4.78 is 34.1. The van der Waals surface area contributed by atoms with E-state index in [-0.39, 0.29) is 5.75 Å². The Balaban J connectivity index is 2.07. The minimum Gasteiger partial charge on any atom is -0.493 e. The number of hydrogen-bond donors (Lipinski definition) is 1. The Kier molecular flexibility index (Phi) is 4.93. The van der Waals surface area contributed by atoms with Crippen LogP contribution < -0.4 is 14.8 Å². The van der Waals surface area contributed by atoms with E-state index in [9.17, 15) is 8.78 Å². The van der Waals surface area contributed by atoms with Crippen LogP contribution in [-0.4, -0.2) is 44.8 Å². The van der Waals surface area contributed by atoms with E-state index in [2.05, 4.69) is 15.0 Å². The lowest BCUT2D eigenvalue weighted by Crippen LogP contribution is -2.42. The molecule has 4 nitrogen and oxygen atoms in total. The minimum absolute atomic E-state index is 0.0881. The fraction of sp³-hybridized carbons (Fsp3) is 0.538. The van der Waals surface area contributed by atoms with Gasteiger partial charge in [0.2, 0.25) is 0 Å². The van der Waals surface area contributed by atoms with Gasteiger partial charge in [-0.2, -0.15) is 8.78 Å². The van der Waals surface area contributed by atoms with E-state index in [1.165, 1.54) is 7.11 Å². The van der Waals surface area contributed by atoms with Crippen LogP contribution in [-0.2, 0) is 6.54 Å². The SMILES string of the molecule is COc1ccc(CN2CCNCC2)cc1OC(F)F. The third kappa shape index (κ3) is 4.04. The first-order valence-corrected chi connectivity index (χ1v) is 6.24. The van der Waals surface area contributed by atoms with Crippen molar-refractivity contribution >= 4 is 0 Å². The molecule has 0 amide bonds. The van der Waals surface area contributed by atoms with Gasteiger partial charge in [0.25, 0.3) is 0 Å². The first-order valence-electron chi connectivity index (χ1n) is 6.24. The standard InChI is InChI=1S/C13H18F2N2O2/c1-18-11-3-2-10(8-12(11)19-13(14)15)9-17-6-4-16-5-7-17/h2-3,8,13,16H,4-7,9H2,1H3. The van der Waals surface area contributed by atoms with E-state index in [1.54, 1.807) is 12.1 Å². The molecule has 106 valence electrons. The van der Waals surface area contributed by atoms with Crippen LogP contribution in [0.2, 0.25) is 0 Å². The average molecular weight is 272 g/mol. The topological polar surface area (TPSA) is 33.7 Å². The summed E-state index contributed by atoms with van der Waals surface area (Å²) in [7, 11) is 1.43. The lowest BCUT2D eigenvalue weighted by molar-refractivity contribution is -0.0512. The van der Waals surface area contributed by atoms with Gasteiger partial charge in [0.1, 0.15) is 0 Å². The number of benzene rings is 1. The highest BCUT2D eigenvalue weighted by atomic mass is 19.3. The smallest absolute Gasteiger partial charge is 0.387 e. The van der Waals surface area contributed by atoms with Crippen molar-refractivity contribution in [2.75, 3.05) is 33.3 Å². The predicted molar refractivity (Wildman–Crippen MR) is 67.8 cm³/mol. The van der Waals surface area contributed by atoms with E-state index in [0.29, 0.717) is 5.75 Å². The number of nitrogens with zero attached hydrogens (tertiary/aromatic N) is 1. The predicted octanol–water partition coefficient (Wildman–Crippen LogP) is 1.70. The van der Waals surface area contributed by atoms with E-state index < -0.39 is 6.61 Å². The van der Waals surface area contributed by atoms with Crippen LogP contribution in [0.1, 0.15) is 5.56 Å². The van der Waals surface area contributed by atoms with Crippen LogP contribution in [0.25, 0.3) is 0 Å². The van der Waals surface area contributed by atoms with Crippen molar-refractivity contribution in [3.63, 3.8) is 0 Å². The molecule has 0 saturated carbocycles. The third-order valence-electron chi connectivity index (χ3n) is 3.06. The number of nitrogens with one attached hydrogen (secondary N) is 1. The molecule has 0 atom stereocenters.